The summed E-state index contributed by atoms with van der Waals surface area (Å²) in [4.78, 5) is 11.9. The number of hydrogen-bond donors (Lipinski definition) is 2. The number of carbonyl (C=O) groups excluding carboxylic acids is 1. The first-order chi connectivity index (χ1) is 11.0. The van der Waals surface area contributed by atoms with Crippen LogP contribution in [0.5, 0.6) is 5.75 Å². The molecule has 1 unspecified atom stereocenters. The van der Waals surface area contributed by atoms with E-state index in [1.165, 1.54) is 18.2 Å². The summed E-state index contributed by atoms with van der Waals surface area (Å²) in [5.74, 6) is -0.00917. The number of rotatable bonds is 6. The predicted octanol–water partition coefficient (Wildman–Crippen LogP) is 2.88. The molecular formula is C18H20FNO3. The van der Waals surface area contributed by atoms with Crippen molar-refractivity contribution in [1.29, 1.82) is 0 Å². The maximum absolute atomic E-state index is 13.1. The van der Waals surface area contributed by atoms with Gasteiger partial charge < -0.3 is 15.2 Å². The van der Waals surface area contributed by atoms with Gasteiger partial charge in [0.2, 0.25) is 5.91 Å². The minimum Gasteiger partial charge on any atom is -0.497 e. The lowest BCUT2D eigenvalue weighted by molar-refractivity contribution is -0.123. The van der Waals surface area contributed by atoms with Crippen molar-refractivity contribution in [2.24, 2.45) is 0 Å². The lowest BCUT2D eigenvalue weighted by Gasteiger charge is -2.12. The number of nitrogens with one attached hydrogen (secondary N) is 1. The highest BCUT2D eigenvalue weighted by Gasteiger charge is 2.13. The monoisotopic (exact) mass is 317 g/mol. The van der Waals surface area contributed by atoms with E-state index in [1.54, 1.807) is 13.2 Å². The fraction of sp³-hybridized carbons (Fsp3) is 0.278. The maximum atomic E-state index is 13.1. The van der Waals surface area contributed by atoms with E-state index in [9.17, 15) is 14.3 Å². The molecule has 0 aromatic heterocycles. The van der Waals surface area contributed by atoms with Crippen molar-refractivity contribution in [3.63, 3.8) is 0 Å². The number of methoxy groups -OCH3 is 1. The van der Waals surface area contributed by atoms with E-state index in [-0.39, 0.29) is 12.3 Å². The van der Waals surface area contributed by atoms with Crippen molar-refractivity contribution < 1.29 is 19.0 Å². The van der Waals surface area contributed by atoms with Gasteiger partial charge in [-0.3, -0.25) is 4.79 Å². The highest BCUT2D eigenvalue weighted by Crippen LogP contribution is 2.18. The molecule has 0 aliphatic rings. The molecular weight excluding hydrogens is 297 g/mol. The van der Waals surface area contributed by atoms with Gasteiger partial charge in [0.25, 0.3) is 0 Å². The topological polar surface area (TPSA) is 58.6 Å². The first-order valence-corrected chi connectivity index (χ1v) is 7.32. The molecule has 2 aromatic carbocycles. The smallest absolute Gasteiger partial charge is 0.223 e. The van der Waals surface area contributed by atoms with Gasteiger partial charge in [-0.25, -0.2) is 4.39 Å². The lowest BCUT2D eigenvalue weighted by atomic mass is 10.1. The van der Waals surface area contributed by atoms with Crippen molar-refractivity contribution in [1.82, 2.24) is 5.32 Å². The molecule has 2 aromatic rings. The van der Waals surface area contributed by atoms with Gasteiger partial charge in [0, 0.05) is 6.54 Å². The molecule has 1 atom stereocenters. The molecule has 2 N–H and O–H groups in total. The highest BCUT2D eigenvalue weighted by molar-refractivity contribution is 5.76. The summed E-state index contributed by atoms with van der Waals surface area (Å²) in [6.07, 6.45) is -1.15. The molecule has 0 saturated heterocycles. The van der Waals surface area contributed by atoms with Gasteiger partial charge in [-0.1, -0.05) is 18.2 Å². The van der Waals surface area contributed by atoms with Crippen LogP contribution in [0.2, 0.25) is 0 Å². The summed E-state index contributed by atoms with van der Waals surface area (Å²) in [5, 5.41) is 12.7. The van der Waals surface area contributed by atoms with Crippen LogP contribution in [0.1, 0.15) is 29.2 Å². The van der Waals surface area contributed by atoms with Gasteiger partial charge in [0.1, 0.15) is 11.6 Å². The minimum absolute atomic E-state index is 0.119. The second kappa shape index (κ2) is 7.74. The van der Waals surface area contributed by atoms with Crippen LogP contribution in [0, 0.1) is 12.7 Å². The van der Waals surface area contributed by atoms with Crippen LogP contribution < -0.4 is 10.1 Å². The van der Waals surface area contributed by atoms with Crippen LogP contribution in [-0.4, -0.2) is 18.1 Å². The molecule has 5 heteroatoms. The quantitative estimate of drug-likeness (QED) is 0.861. The van der Waals surface area contributed by atoms with Crippen LogP contribution >= 0.6 is 0 Å². The van der Waals surface area contributed by atoms with Gasteiger partial charge in [-0.2, -0.15) is 0 Å². The molecule has 0 aliphatic carbocycles. The van der Waals surface area contributed by atoms with Gasteiger partial charge >= 0.3 is 0 Å². The SMILES string of the molecule is COc1cc(C)cc(CNC(=O)CC(O)c2cccc(F)c2)c1. The number of carbonyl (C=O) groups is 1. The van der Waals surface area contributed by atoms with Crippen LogP contribution in [0.25, 0.3) is 0 Å². The molecule has 0 spiro atoms. The van der Waals surface area contributed by atoms with Crippen molar-refractivity contribution in [2.45, 2.75) is 26.0 Å². The zero-order valence-electron chi connectivity index (χ0n) is 13.2. The standard InChI is InChI=1S/C18H20FNO3/c1-12-6-13(8-16(7-12)23-2)11-20-18(22)10-17(21)14-4-3-5-15(19)9-14/h3-9,17,21H,10-11H2,1-2H3,(H,20,22). The molecule has 0 saturated carbocycles. The Balaban J connectivity index is 1.91. The van der Waals surface area contributed by atoms with E-state index in [4.69, 9.17) is 4.74 Å². The third-order valence-electron chi connectivity index (χ3n) is 3.45. The Morgan fingerprint density at radius 2 is 2.09 bits per heavy atom. The van der Waals surface area contributed by atoms with Crippen LogP contribution in [0.15, 0.2) is 42.5 Å². The van der Waals surface area contributed by atoms with Gasteiger partial charge in [0.15, 0.2) is 0 Å². The first-order valence-electron chi connectivity index (χ1n) is 7.32. The third kappa shape index (κ3) is 5.07. The fourth-order valence-electron chi connectivity index (χ4n) is 2.32. The Morgan fingerprint density at radius 3 is 2.78 bits per heavy atom. The molecule has 0 bridgehead atoms. The predicted molar refractivity (Wildman–Crippen MR) is 85.6 cm³/mol. The zero-order chi connectivity index (χ0) is 16.8. The summed E-state index contributed by atoms with van der Waals surface area (Å²) in [6.45, 7) is 2.29. The Labute approximate surface area is 134 Å². The highest BCUT2D eigenvalue weighted by atomic mass is 19.1. The zero-order valence-corrected chi connectivity index (χ0v) is 13.2. The summed E-state index contributed by atoms with van der Waals surface area (Å²) in [5.41, 5.74) is 2.33. The fourth-order valence-corrected chi connectivity index (χ4v) is 2.32. The second-order valence-electron chi connectivity index (χ2n) is 5.41. The molecule has 0 fully saturated rings. The Bertz CT molecular complexity index is 688. The summed E-state index contributed by atoms with van der Waals surface area (Å²) in [6, 6.07) is 11.3. The molecule has 1 amide bonds. The van der Waals surface area contributed by atoms with Crippen molar-refractivity contribution in [3.8, 4) is 5.75 Å². The average molecular weight is 317 g/mol. The second-order valence-corrected chi connectivity index (χ2v) is 5.41. The maximum Gasteiger partial charge on any atom is 0.223 e. The largest absolute Gasteiger partial charge is 0.497 e. The molecule has 23 heavy (non-hydrogen) atoms. The van der Waals surface area contributed by atoms with E-state index in [2.05, 4.69) is 5.32 Å². The number of aliphatic hydroxyl groups excluding tert-OH is 1. The molecule has 0 heterocycles. The number of amides is 1. The molecule has 4 nitrogen and oxygen atoms in total. The van der Waals surface area contributed by atoms with Crippen molar-refractivity contribution >= 4 is 5.91 Å². The van der Waals surface area contributed by atoms with E-state index in [1.807, 2.05) is 25.1 Å². The molecule has 0 radical (unpaired) electrons. The minimum atomic E-state index is -1.03. The van der Waals surface area contributed by atoms with Crippen LogP contribution in [-0.2, 0) is 11.3 Å². The third-order valence-corrected chi connectivity index (χ3v) is 3.45. The van der Waals surface area contributed by atoms with E-state index < -0.39 is 11.9 Å². The first kappa shape index (κ1) is 17.0. The van der Waals surface area contributed by atoms with Gasteiger partial charge in [0.05, 0.1) is 19.6 Å². The van der Waals surface area contributed by atoms with E-state index in [0.29, 0.717) is 12.1 Å². The van der Waals surface area contributed by atoms with E-state index in [0.717, 1.165) is 16.9 Å². The average Bonchev–Trinajstić information content (AvgIpc) is 2.52. The number of aryl methyl sites for hydroxylation is 1. The van der Waals surface area contributed by atoms with Crippen molar-refractivity contribution in [3.05, 3.63) is 65.0 Å². The normalized spacial score (nSPS) is 11.8. The summed E-state index contributed by atoms with van der Waals surface area (Å²) >= 11 is 0. The Hall–Kier alpha value is -2.40. The number of hydrogen-bond acceptors (Lipinski definition) is 3. The number of halogens is 1. The molecule has 122 valence electrons. The number of ether oxygens (including phenoxy) is 1. The van der Waals surface area contributed by atoms with Gasteiger partial charge in [-0.15, -0.1) is 0 Å². The lowest BCUT2D eigenvalue weighted by Crippen LogP contribution is -2.24. The summed E-state index contributed by atoms with van der Waals surface area (Å²) in [7, 11) is 1.59. The van der Waals surface area contributed by atoms with Crippen LogP contribution in [0.3, 0.4) is 0 Å². The Kier molecular flexibility index (Phi) is 5.71. The number of benzene rings is 2. The van der Waals surface area contributed by atoms with Gasteiger partial charge in [-0.05, 0) is 47.9 Å². The molecule has 0 aliphatic heterocycles. The van der Waals surface area contributed by atoms with Crippen LogP contribution in [0.4, 0.5) is 4.39 Å². The Morgan fingerprint density at radius 1 is 1.30 bits per heavy atom. The van der Waals surface area contributed by atoms with E-state index >= 15 is 0 Å². The number of aliphatic hydroxyl groups is 1. The summed E-state index contributed by atoms with van der Waals surface area (Å²) < 4.78 is 18.3. The molecule has 2 rings (SSSR count). The van der Waals surface area contributed by atoms with Crippen molar-refractivity contribution in [2.75, 3.05) is 7.11 Å².